The van der Waals surface area contributed by atoms with Gasteiger partial charge in [0.1, 0.15) is 12.7 Å². The maximum atomic E-state index is 9.08. The molecule has 0 amide bonds. The summed E-state index contributed by atoms with van der Waals surface area (Å²) in [5.41, 5.74) is 2.56. The Bertz CT molecular complexity index is 596. The van der Waals surface area contributed by atoms with Crippen LogP contribution in [0.2, 0.25) is 0 Å². The van der Waals surface area contributed by atoms with Crippen molar-refractivity contribution >= 4 is 11.9 Å². The third-order valence-electron chi connectivity index (χ3n) is 3.60. The minimum Gasteiger partial charge on any atom is -0.396 e. The number of hydrazine groups is 1. The van der Waals surface area contributed by atoms with Gasteiger partial charge in [-0.15, -0.1) is 0 Å². The highest BCUT2D eigenvalue weighted by Crippen LogP contribution is 2.48. The highest BCUT2D eigenvalue weighted by Gasteiger charge is 2.41. The largest absolute Gasteiger partial charge is 0.396 e. The normalized spacial score (nSPS) is 15.7. The molecule has 1 saturated carbocycles. The average Bonchev–Trinajstić information content (AvgIpc) is 3.05. The third kappa shape index (κ3) is 3.06. The second kappa shape index (κ2) is 5.58. The summed E-state index contributed by atoms with van der Waals surface area (Å²) in [4.78, 5) is 16.4. The van der Waals surface area contributed by atoms with Gasteiger partial charge in [0.05, 0.1) is 0 Å². The highest BCUT2D eigenvalue weighted by atomic mass is 16.3. The summed E-state index contributed by atoms with van der Waals surface area (Å²) in [5.74, 6) is 6.35. The molecule has 0 unspecified atom stereocenters. The molecule has 0 spiro atoms. The first-order chi connectivity index (χ1) is 10.2. The average molecular weight is 291 g/mol. The smallest absolute Gasteiger partial charge is 0.258 e. The van der Waals surface area contributed by atoms with Gasteiger partial charge in [-0.3, -0.25) is 5.43 Å². The number of nitrogens with one attached hydrogen (secondary N) is 2. The first-order valence-corrected chi connectivity index (χ1v) is 6.67. The van der Waals surface area contributed by atoms with E-state index in [-0.39, 0.29) is 18.0 Å². The van der Waals surface area contributed by atoms with Gasteiger partial charge in [-0.1, -0.05) is 0 Å². The van der Waals surface area contributed by atoms with Crippen molar-refractivity contribution in [3.05, 3.63) is 12.7 Å². The Morgan fingerprint density at radius 1 is 1.29 bits per heavy atom. The zero-order valence-corrected chi connectivity index (χ0v) is 11.4. The van der Waals surface area contributed by atoms with Crippen LogP contribution in [0.5, 0.6) is 0 Å². The Labute approximate surface area is 120 Å². The number of aromatic nitrogens is 6. The molecule has 10 heteroatoms. The second-order valence-corrected chi connectivity index (χ2v) is 5.09. The molecule has 0 aliphatic heterocycles. The first kappa shape index (κ1) is 13.6. The minimum absolute atomic E-state index is 0.158. The summed E-state index contributed by atoms with van der Waals surface area (Å²) in [6.07, 6.45) is 5.87. The molecule has 2 aromatic rings. The van der Waals surface area contributed by atoms with E-state index in [1.54, 1.807) is 0 Å². The molecule has 3 rings (SSSR count). The van der Waals surface area contributed by atoms with E-state index in [2.05, 4.69) is 35.8 Å². The molecule has 112 valence electrons. The Balaban J connectivity index is 1.77. The van der Waals surface area contributed by atoms with E-state index in [0.717, 1.165) is 19.3 Å². The molecular formula is C11H17N9O. The molecule has 0 saturated heterocycles. The van der Waals surface area contributed by atoms with Crippen LogP contribution in [-0.4, -0.2) is 48.0 Å². The molecule has 0 bridgehead atoms. The van der Waals surface area contributed by atoms with E-state index in [0.29, 0.717) is 18.4 Å². The number of nitrogens with zero attached hydrogens (tertiary/aromatic N) is 6. The van der Waals surface area contributed by atoms with E-state index >= 15 is 0 Å². The monoisotopic (exact) mass is 291 g/mol. The van der Waals surface area contributed by atoms with Gasteiger partial charge in [0.25, 0.3) is 5.95 Å². The maximum Gasteiger partial charge on any atom is 0.258 e. The van der Waals surface area contributed by atoms with Gasteiger partial charge in [0, 0.05) is 13.2 Å². The van der Waals surface area contributed by atoms with Crippen molar-refractivity contribution in [3.63, 3.8) is 0 Å². The summed E-state index contributed by atoms with van der Waals surface area (Å²) >= 11 is 0. The Kier molecular flexibility index (Phi) is 3.62. The van der Waals surface area contributed by atoms with Crippen LogP contribution < -0.4 is 16.6 Å². The van der Waals surface area contributed by atoms with Crippen molar-refractivity contribution in [1.82, 2.24) is 29.7 Å². The lowest BCUT2D eigenvalue weighted by molar-refractivity contribution is 0.253. The number of anilines is 2. The molecule has 10 nitrogen and oxygen atoms in total. The highest BCUT2D eigenvalue weighted by molar-refractivity contribution is 5.37. The van der Waals surface area contributed by atoms with Gasteiger partial charge in [0.15, 0.2) is 0 Å². The van der Waals surface area contributed by atoms with Crippen molar-refractivity contribution in [1.29, 1.82) is 0 Å². The number of nitrogen functional groups attached to an aromatic ring is 1. The summed E-state index contributed by atoms with van der Waals surface area (Å²) in [6.45, 7) is 0.900. The van der Waals surface area contributed by atoms with Crippen molar-refractivity contribution in [2.45, 2.75) is 19.3 Å². The Hall–Kier alpha value is -2.33. The van der Waals surface area contributed by atoms with Gasteiger partial charge < -0.3 is 10.4 Å². The van der Waals surface area contributed by atoms with Crippen LogP contribution in [0.25, 0.3) is 5.95 Å². The van der Waals surface area contributed by atoms with Crippen LogP contribution >= 0.6 is 0 Å². The van der Waals surface area contributed by atoms with Crippen molar-refractivity contribution in [2.24, 2.45) is 11.3 Å². The quantitative estimate of drug-likeness (QED) is 0.385. The van der Waals surface area contributed by atoms with E-state index in [1.807, 2.05) is 0 Å². The molecule has 5 N–H and O–H groups in total. The maximum absolute atomic E-state index is 9.08. The molecule has 1 aliphatic carbocycles. The fourth-order valence-corrected chi connectivity index (χ4v) is 2.12. The predicted molar refractivity (Wildman–Crippen MR) is 74.4 cm³/mol. The van der Waals surface area contributed by atoms with Gasteiger partial charge >= 0.3 is 0 Å². The molecule has 0 atom stereocenters. The predicted octanol–water partition coefficient (Wildman–Crippen LogP) is -0.688. The van der Waals surface area contributed by atoms with Gasteiger partial charge in [-0.25, -0.2) is 10.8 Å². The summed E-state index contributed by atoms with van der Waals surface area (Å²) in [5, 5.41) is 16.2. The lowest BCUT2D eigenvalue weighted by Crippen LogP contribution is -2.20. The van der Waals surface area contributed by atoms with Crippen LogP contribution in [0.15, 0.2) is 12.7 Å². The van der Waals surface area contributed by atoms with E-state index in [1.165, 1.54) is 17.3 Å². The van der Waals surface area contributed by atoms with Crippen LogP contribution in [0, 0.1) is 5.41 Å². The number of aliphatic hydroxyl groups is 1. The van der Waals surface area contributed by atoms with Gasteiger partial charge in [0.2, 0.25) is 11.9 Å². The topological polar surface area (TPSA) is 140 Å². The lowest BCUT2D eigenvalue weighted by atomic mass is 10.0. The number of nitrogens with two attached hydrogens (primary N) is 1. The third-order valence-corrected chi connectivity index (χ3v) is 3.60. The van der Waals surface area contributed by atoms with Crippen molar-refractivity contribution in [3.8, 4) is 5.95 Å². The van der Waals surface area contributed by atoms with E-state index in [4.69, 9.17) is 10.9 Å². The number of aliphatic hydroxyl groups excluding tert-OH is 1. The number of hydrogen-bond acceptors (Lipinski definition) is 9. The van der Waals surface area contributed by atoms with Crippen LogP contribution in [-0.2, 0) is 0 Å². The zero-order valence-electron chi connectivity index (χ0n) is 11.4. The number of hydrogen-bond donors (Lipinski definition) is 4. The Morgan fingerprint density at radius 3 is 2.71 bits per heavy atom. The molecule has 2 aromatic heterocycles. The molecule has 2 heterocycles. The van der Waals surface area contributed by atoms with Crippen molar-refractivity contribution in [2.75, 3.05) is 23.9 Å². The fourth-order valence-electron chi connectivity index (χ4n) is 2.12. The van der Waals surface area contributed by atoms with Crippen LogP contribution in [0.4, 0.5) is 11.9 Å². The lowest BCUT2D eigenvalue weighted by Gasteiger charge is -2.15. The van der Waals surface area contributed by atoms with Gasteiger partial charge in [-0.05, 0) is 24.7 Å². The van der Waals surface area contributed by atoms with Crippen molar-refractivity contribution < 1.29 is 5.11 Å². The standard InChI is InChI=1S/C11H17N9O/c12-19-9-16-8(14-5-11(1-2-11)3-4-21)17-10(18-9)20-7-13-6-15-20/h6-7,21H,1-5,12H2,(H2,14,16,17,18,19). The molecule has 21 heavy (non-hydrogen) atoms. The van der Waals surface area contributed by atoms with E-state index < -0.39 is 0 Å². The Morgan fingerprint density at radius 2 is 2.10 bits per heavy atom. The molecular weight excluding hydrogens is 274 g/mol. The van der Waals surface area contributed by atoms with Gasteiger partial charge in [-0.2, -0.15) is 24.7 Å². The SMILES string of the molecule is NNc1nc(NCC2(CCO)CC2)nc(-n2cncn2)n1. The fraction of sp³-hybridized carbons (Fsp3) is 0.545. The zero-order chi connectivity index (χ0) is 14.7. The first-order valence-electron chi connectivity index (χ1n) is 6.67. The van der Waals surface area contributed by atoms with Crippen LogP contribution in [0.3, 0.4) is 0 Å². The minimum atomic E-state index is 0.158. The summed E-state index contributed by atoms with van der Waals surface area (Å²) < 4.78 is 1.42. The summed E-state index contributed by atoms with van der Waals surface area (Å²) in [7, 11) is 0. The summed E-state index contributed by atoms with van der Waals surface area (Å²) in [6, 6.07) is 0. The van der Waals surface area contributed by atoms with Crippen LogP contribution in [0.1, 0.15) is 19.3 Å². The molecule has 1 fully saturated rings. The molecule has 0 aromatic carbocycles. The van der Waals surface area contributed by atoms with E-state index in [9.17, 15) is 0 Å². The molecule has 1 aliphatic rings. The molecule has 0 radical (unpaired) electrons. The second-order valence-electron chi connectivity index (χ2n) is 5.09. The number of rotatable bonds is 7.